The van der Waals surface area contributed by atoms with Gasteiger partial charge < -0.3 is 10.2 Å². The summed E-state index contributed by atoms with van der Waals surface area (Å²) in [7, 11) is 0. The van der Waals surface area contributed by atoms with Crippen molar-refractivity contribution in [2.75, 3.05) is 0 Å². The van der Waals surface area contributed by atoms with Crippen LogP contribution in [-0.2, 0) is 6.42 Å². The third-order valence-corrected chi connectivity index (χ3v) is 0.825. The van der Waals surface area contributed by atoms with Crippen LogP contribution in [0.1, 0.15) is 5.89 Å². The molecule has 0 bridgehead atoms. The Bertz CT molecular complexity index is 192. The summed E-state index contributed by atoms with van der Waals surface area (Å²) in [6.45, 7) is 0. The van der Waals surface area contributed by atoms with Crippen LogP contribution in [-0.4, -0.2) is 10.8 Å². The van der Waals surface area contributed by atoms with E-state index in [2.05, 4.69) is 4.98 Å². The molecule has 0 unspecified atom stereocenters. The van der Waals surface area contributed by atoms with Crippen molar-refractivity contribution >= 4 is 5.84 Å². The zero-order valence-corrected chi connectivity index (χ0v) is 4.79. The molecule has 0 saturated carbocycles. The van der Waals surface area contributed by atoms with Gasteiger partial charge in [0.25, 0.3) is 0 Å². The minimum absolute atomic E-state index is 0.0671. The molecule has 0 aromatic carbocycles. The molecule has 0 atom stereocenters. The molecule has 0 aliphatic carbocycles. The monoisotopic (exact) mass is 125 g/mol. The number of aromatic nitrogens is 1. The third-order valence-electron chi connectivity index (χ3n) is 0.825. The first-order chi connectivity index (χ1) is 4.29. The minimum atomic E-state index is 0.0671. The van der Waals surface area contributed by atoms with E-state index in [-0.39, 0.29) is 5.84 Å². The van der Waals surface area contributed by atoms with Crippen LogP contribution in [0, 0.1) is 5.41 Å². The first kappa shape index (κ1) is 5.81. The number of hydrogen-bond donors (Lipinski definition) is 2. The molecule has 0 aliphatic heterocycles. The van der Waals surface area contributed by atoms with Crippen molar-refractivity contribution in [3.63, 3.8) is 0 Å². The Labute approximate surface area is 52.2 Å². The predicted molar refractivity (Wildman–Crippen MR) is 32.1 cm³/mol. The Morgan fingerprint density at radius 1 is 1.89 bits per heavy atom. The van der Waals surface area contributed by atoms with Crippen molar-refractivity contribution in [1.82, 2.24) is 4.98 Å². The van der Waals surface area contributed by atoms with Gasteiger partial charge in [0.05, 0.1) is 18.5 Å². The Morgan fingerprint density at radius 2 is 2.67 bits per heavy atom. The molecule has 1 aromatic heterocycles. The van der Waals surface area contributed by atoms with Gasteiger partial charge in [-0.15, -0.1) is 0 Å². The van der Waals surface area contributed by atoms with Gasteiger partial charge in [0.15, 0.2) is 0 Å². The van der Waals surface area contributed by atoms with Crippen LogP contribution in [0.4, 0.5) is 0 Å². The fourth-order valence-electron chi connectivity index (χ4n) is 0.503. The highest BCUT2D eigenvalue weighted by Crippen LogP contribution is 1.93. The number of hydrogen-bond acceptors (Lipinski definition) is 3. The topological polar surface area (TPSA) is 75.9 Å². The minimum Gasteiger partial charge on any atom is -0.449 e. The van der Waals surface area contributed by atoms with E-state index in [9.17, 15) is 0 Å². The number of amidine groups is 1. The maximum atomic E-state index is 6.85. The van der Waals surface area contributed by atoms with E-state index in [4.69, 9.17) is 15.6 Å². The summed E-state index contributed by atoms with van der Waals surface area (Å²) >= 11 is 0. The highest BCUT2D eigenvalue weighted by atomic mass is 16.3. The van der Waals surface area contributed by atoms with E-state index in [0.717, 1.165) is 0 Å². The van der Waals surface area contributed by atoms with Crippen molar-refractivity contribution in [3.8, 4) is 0 Å². The summed E-state index contributed by atoms with van der Waals surface area (Å²) in [4.78, 5) is 3.77. The molecule has 0 radical (unpaired) electrons. The molecule has 1 heterocycles. The van der Waals surface area contributed by atoms with Gasteiger partial charge >= 0.3 is 0 Å². The van der Waals surface area contributed by atoms with Gasteiger partial charge in [0.1, 0.15) is 6.26 Å². The summed E-state index contributed by atoms with van der Waals surface area (Å²) < 4.78 is 4.81. The molecular weight excluding hydrogens is 118 g/mol. The molecule has 0 fully saturated rings. The lowest BCUT2D eigenvalue weighted by Crippen LogP contribution is -2.12. The van der Waals surface area contributed by atoms with Crippen LogP contribution in [0.25, 0.3) is 0 Å². The molecule has 0 spiro atoms. The first-order valence-corrected chi connectivity index (χ1v) is 2.50. The highest BCUT2D eigenvalue weighted by Gasteiger charge is 1.96. The first-order valence-electron chi connectivity index (χ1n) is 2.50. The molecule has 3 N–H and O–H groups in total. The molecule has 4 nitrogen and oxygen atoms in total. The van der Waals surface area contributed by atoms with E-state index < -0.39 is 0 Å². The summed E-state index contributed by atoms with van der Waals surface area (Å²) in [5.74, 6) is 0.556. The molecule has 0 amide bonds. The van der Waals surface area contributed by atoms with Crippen LogP contribution in [0.2, 0.25) is 0 Å². The maximum absolute atomic E-state index is 6.85. The van der Waals surface area contributed by atoms with Crippen LogP contribution in [0.15, 0.2) is 16.9 Å². The Kier molecular flexibility index (Phi) is 1.48. The molecule has 0 aliphatic rings. The molecule has 1 rings (SSSR count). The zero-order chi connectivity index (χ0) is 6.69. The van der Waals surface area contributed by atoms with Gasteiger partial charge in [-0.2, -0.15) is 0 Å². The normalized spacial score (nSPS) is 9.33. The average molecular weight is 125 g/mol. The Morgan fingerprint density at radius 3 is 3.11 bits per heavy atom. The molecule has 4 heteroatoms. The predicted octanol–water partition coefficient (Wildman–Crippen LogP) is 0.153. The standard InChI is InChI=1S/C5H7N3O/c6-4(7)3-5-8-1-2-9-5/h1-2H,3H2,(H3,6,7). The van der Waals surface area contributed by atoms with Crippen molar-refractivity contribution in [1.29, 1.82) is 5.41 Å². The number of oxazole rings is 1. The fraction of sp³-hybridized carbons (Fsp3) is 0.200. The van der Waals surface area contributed by atoms with E-state index in [1.165, 1.54) is 12.5 Å². The van der Waals surface area contributed by atoms with Crippen LogP contribution >= 0.6 is 0 Å². The van der Waals surface area contributed by atoms with Gasteiger partial charge in [0, 0.05) is 0 Å². The van der Waals surface area contributed by atoms with Gasteiger partial charge in [-0.3, -0.25) is 5.41 Å². The Hall–Kier alpha value is -1.32. The van der Waals surface area contributed by atoms with Crippen molar-refractivity contribution in [2.24, 2.45) is 5.73 Å². The van der Waals surface area contributed by atoms with Crippen LogP contribution in [0.5, 0.6) is 0 Å². The third kappa shape index (κ3) is 1.56. The number of rotatable bonds is 2. The summed E-state index contributed by atoms with van der Waals surface area (Å²) in [6, 6.07) is 0. The number of nitrogens with one attached hydrogen (secondary N) is 1. The van der Waals surface area contributed by atoms with E-state index >= 15 is 0 Å². The molecule has 1 aromatic rings. The molecule has 48 valence electrons. The quantitative estimate of drug-likeness (QED) is 0.436. The second-order valence-corrected chi connectivity index (χ2v) is 1.63. The van der Waals surface area contributed by atoms with E-state index in [1.54, 1.807) is 0 Å². The van der Waals surface area contributed by atoms with E-state index in [1.807, 2.05) is 0 Å². The van der Waals surface area contributed by atoms with Gasteiger partial charge in [-0.1, -0.05) is 0 Å². The largest absolute Gasteiger partial charge is 0.449 e. The maximum Gasteiger partial charge on any atom is 0.201 e. The summed E-state index contributed by atoms with van der Waals surface area (Å²) in [5.41, 5.74) is 5.07. The lowest BCUT2D eigenvalue weighted by atomic mass is 10.4. The summed E-state index contributed by atoms with van der Waals surface area (Å²) in [6.07, 6.45) is 3.28. The van der Waals surface area contributed by atoms with Gasteiger partial charge in [0.2, 0.25) is 5.89 Å². The average Bonchev–Trinajstić information content (AvgIpc) is 2.15. The number of nitrogens with zero attached hydrogens (tertiary/aromatic N) is 1. The lowest BCUT2D eigenvalue weighted by molar-refractivity contribution is 0.512. The number of nitrogens with two attached hydrogens (primary N) is 1. The van der Waals surface area contributed by atoms with Gasteiger partial charge in [-0.05, 0) is 0 Å². The van der Waals surface area contributed by atoms with E-state index in [0.29, 0.717) is 12.3 Å². The molecular formula is C5H7N3O. The highest BCUT2D eigenvalue weighted by molar-refractivity contribution is 5.78. The van der Waals surface area contributed by atoms with Crippen LogP contribution in [0.3, 0.4) is 0 Å². The molecule has 9 heavy (non-hydrogen) atoms. The lowest BCUT2D eigenvalue weighted by Gasteiger charge is -1.88. The van der Waals surface area contributed by atoms with Crippen molar-refractivity contribution in [3.05, 3.63) is 18.4 Å². The second kappa shape index (κ2) is 2.30. The molecule has 0 saturated heterocycles. The van der Waals surface area contributed by atoms with Crippen molar-refractivity contribution < 1.29 is 4.42 Å². The van der Waals surface area contributed by atoms with Gasteiger partial charge in [-0.25, -0.2) is 4.98 Å². The smallest absolute Gasteiger partial charge is 0.201 e. The van der Waals surface area contributed by atoms with Crippen molar-refractivity contribution in [2.45, 2.75) is 6.42 Å². The van der Waals surface area contributed by atoms with Crippen LogP contribution < -0.4 is 5.73 Å². The summed E-state index contributed by atoms with van der Waals surface area (Å²) in [5, 5.41) is 6.85. The second-order valence-electron chi connectivity index (χ2n) is 1.63. The fourth-order valence-corrected chi connectivity index (χ4v) is 0.503. The Balaban J connectivity index is 2.58. The zero-order valence-electron chi connectivity index (χ0n) is 4.79. The SMILES string of the molecule is N=C(N)Cc1ncco1.